The zero-order chi connectivity index (χ0) is 11.1. The summed E-state index contributed by atoms with van der Waals surface area (Å²) in [6, 6.07) is 9.69. The number of benzene rings is 1. The molecular weight excluding hydrogens is 270 g/mol. The fourth-order valence-electron chi connectivity index (χ4n) is 1.67. The molecule has 0 spiro atoms. The summed E-state index contributed by atoms with van der Waals surface area (Å²) in [5.41, 5.74) is 7.41. The van der Waals surface area contributed by atoms with Crippen LogP contribution in [-0.2, 0) is 0 Å². The third-order valence-corrected chi connectivity index (χ3v) is 3.06. The topological polar surface area (TPSA) is 67.8 Å². The van der Waals surface area contributed by atoms with Crippen molar-refractivity contribution in [3.05, 3.63) is 34.8 Å². The van der Waals surface area contributed by atoms with E-state index in [1.165, 1.54) is 0 Å². The van der Waals surface area contributed by atoms with Crippen molar-refractivity contribution < 1.29 is 4.52 Å². The molecule has 2 heterocycles. The predicted molar refractivity (Wildman–Crippen MR) is 65.9 cm³/mol. The van der Waals surface area contributed by atoms with Gasteiger partial charge in [-0.2, -0.15) is 0 Å². The monoisotopic (exact) mass is 277 g/mol. The molecule has 1 aromatic carbocycles. The molecule has 0 bridgehead atoms. The average Bonchev–Trinajstić information content (AvgIpc) is 2.84. The molecule has 0 saturated heterocycles. The van der Waals surface area contributed by atoms with Gasteiger partial charge in [-0.15, -0.1) is 0 Å². The van der Waals surface area contributed by atoms with Crippen LogP contribution in [0, 0.1) is 0 Å². The number of hydrogen-bond donors (Lipinski definition) is 2. The van der Waals surface area contributed by atoms with Gasteiger partial charge >= 0.3 is 0 Å². The van der Waals surface area contributed by atoms with Crippen LogP contribution in [0.4, 0.5) is 5.82 Å². The highest BCUT2D eigenvalue weighted by Gasteiger charge is 2.09. The highest BCUT2D eigenvalue weighted by atomic mass is 79.9. The molecule has 0 aliphatic rings. The number of aromatic amines is 1. The Kier molecular flexibility index (Phi) is 2.00. The fourth-order valence-corrected chi connectivity index (χ4v) is 2.15. The Bertz CT molecular complexity index is 656. The second-order valence-electron chi connectivity index (χ2n) is 3.50. The smallest absolute Gasteiger partial charge is 0.185 e. The summed E-state index contributed by atoms with van der Waals surface area (Å²) in [7, 11) is 0. The Morgan fingerprint density at radius 1 is 1.31 bits per heavy atom. The van der Waals surface area contributed by atoms with Crippen LogP contribution >= 0.6 is 15.9 Å². The number of fused-ring (bicyclic) bond motifs is 1. The Balaban J connectivity index is 2.22. The second-order valence-corrected chi connectivity index (χ2v) is 4.36. The zero-order valence-corrected chi connectivity index (χ0v) is 9.78. The summed E-state index contributed by atoms with van der Waals surface area (Å²) in [6.45, 7) is 0. The van der Waals surface area contributed by atoms with E-state index in [-0.39, 0.29) is 0 Å². The molecule has 0 radical (unpaired) electrons. The number of anilines is 1. The summed E-state index contributed by atoms with van der Waals surface area (Å²) in [6.07, 6.45) is 0. The first-order chi connectivity index (χ1) is 7.74. The third-order valence-electron chi connectivity index (χ3n) is 2.40. The quantitative estimate of drug-likeness (QED) is 0.718. The number of nitrogens with two attached hydrogens (primary N) is 1. The van der Waals surface area contributed by atoms with Crippen molar-refractivity contribution in [3.63, 3.8) is 0 Å². The van der Waals surface area contributed by atoms with E-state index in [9.17, 15) is 0 Å². The Labute approximate surface area is 99.6 Å². The molecule has 80 valence electrons. The number of H-pyrrole nitrogens is 1. The Morgan fingerprint density at radius 3 is 2.88 bits per heavy atom. The maximum Gasteiger partial charge on any atom is 0.185 e. The minimum atomic E-state index is 0.382. The third kappa shape index (κ3) is 1.40. The molecule has 0 saturated carbocycles. The standard InChI is InChI=1S/C11H8BrN3O/c12-7-3-1-2-6-4-8(14-11(6)7)9-5-10(13)15-16-9/h1-5,14H,(H2,13,15). The van der Waals surface area contributed by atoms with Gasteiger partial charge in [0.05, 0.1) is 11.2 Å². The number of nitrogen functional groups attached to an aromatic ring is 1. The molecule has 0 fully saturated rings. The largest absolute Gasteiger partial charge is 0.381 e. The molecular formula is C11H8BrN3O. The molecule has 0 aliphatic carbocycles. The first-order valence-corrected chi connectivity index (χ1v) is 5.53. The highest BCUT2D eigenvalue weighted by Crippen LogP contribution is 2.29. The minimum absolute atomic E-state index is 0.382. The highest BCUT2D eigenvalue weighted by molar-refractivity contribution is 9.10. The number of para-hydroxylation sites is 1. The van der Waals surface area contributed by atoms with Crippen LogP contribution in [-0.4, -0.2) is 10.1 Å². The lowest BCUT2D eigenvalue weighted by molar-refractivity contribution is 0.435. The van der Waals surface area contributed by atoms with Gasteiger partial charge in [-0.1, -0.05) is 17.3 Å². The zero-order valence-electron chi connectivity index (χ0n) is 8.20. The van der Waals surface area contributed by atoms with Gasteiger partial charge in [0.25, 0.3) is 0 Å². The van der Waals surface area contributed by atoms with E-state index in [4.69, 9.17) is 10.3 Å². The van der Waals surface area contributed by atoms with Crippen molar-refractivity contribution in [2.45, 2.75) is 0 Å². The van der Waals surface area contributed by atoms with Crippen molar-refractivity contribution in [2.24, 2.45) is 0 Å². The van der Waals surface area contributed by atoms with Gasteiger partial charge in [-0.05, 0) is 28.1 Å². The van der Waals surface area contributed by atoms with Gasteiger partial charge in [0, 0.05) is 15.9 Å². The molecule has 2 aromatic heterocycles. The Hall–Kier alpha value is -1.75. The molecule has 5 heteroatoms. The van der Waals surface area contributed by atoms with Gasteiger partial charge in [0.15, 0.2) is 11.6 Å². The van der Waals surface area contributed by atoms with E-state index in [0.717, 1.165) is 21.1 Å². The van der Waals surface area contributed by atoms with Crippen LogP contribution in [0.1, 0.15) is 0 Å². The SMILES string of the molecule is Nc1cc(-c2cc3cccc(Br)c3[nH]2)on1. The van der Waals surface area contributed by atoms with E-state index >= 15 is 0 Å². The summed E-state index contributed by atoms with van der Waals surface area (Å²) in [4.78, 5) is 3.26. The maximum atomic E-state index is 5.51. The van der Waals surface area contributed by atoms with E-state index in [1.807, 2.05) is 24.3 Å². The summed E-state index contributed by atoms with van der Waals surface area (Å²) in [5.74, 6) is 1.02. The van der Waals surface area contributed by atoms with Crippen molar-refractivity contribution in [1.82, 2.24) is 10.1 Å². The number of nitrogens with one attached hydrogen (secondary N) is 1. The van der Waals surface area contributed by atoms with Crippen molar-refractivity contribution >= 4 is 32.7 Å². The molecule has 0 atom stereocenters. The number of rotatable bonds is 1. The van der Waals surface area contributed by atoms with Gasteiger partial charge in [-0.25, -0.2) is 0 Å². The lowest BCUT2D eigenvalue weighted by Crippen LogP contribution is -1.79. The normalized spacial score (nSPS) is 11.1. The number of aromatic nitrogens is 2. The minimum Gasteiger partial charge on any atom is -0.381 e. The van der Waals surface area contributed by atoms with Gasteiger partial charge in [0.2, 0.25) is 0 Å². The molecule has 0 amide bonds. The van der Waals surface area contributed by atoms with Gasteiger partial charge < -0.3 is 15.2 Å². The summed E-state index contributed by atoms with van der Waals surface area (Å²) >= 11 is 3.49. The molecule has 16 heavy (non-hydrogen) atoms. The van der Waals surface area contributed by atoms with Crippen LogP contribution < -0.4 is 5.73 Å². The fraction of sp³-hybridized carbons (Fsp3) is 0. The number of nitrogens with zero attached hydrogens (tertiary/aromatic N) is 1. The number of halogens is 1. The lowest BCUT2D eigenvalue weighted by Gasteiger charge is -1.91. The van der Waals surface area contributed by atoms with Crippen LogP contribution in [0.15, 0.2) is 39.3 Å². The van der Waals surface area contributed by atoms with Gasteiger partial charge in [0.1, 0.15) is 0 Å². The van der Waals surface area contributed by atoms with E-state index < -0.39 is 0 Å². The van der Waals surface area contributed by atoms with E-state index in [2.05, 4.69) is 26.1 Å². The van der Waals surface area contributed by atoms with Crippen LogP contribution in [0.3, 0.4) is 0 Å². The predicted octanol–water partition coefficient (Wildman–Crippen LogP) is 3.17. The first kappa shape index (κ1) is 9.47. The number of hydrogen-bond acceptors (Lipinski definition) is 3. The van der Waals surface area contributed by atoms with Crippen molar-refractivity contribution in [3.8, 4) is 11.5 Å². The van der Waals surface area contributed by atoms with Crippen LogP contribution in [0.25, 0.3) is 22.4 Å². The molecule has 4 nitrogen and oxygen atoms in total. The first-order valence-electron chi connectivity index (χ1n) is 4.74. The van der Waals surface area contributed by atoms with E-state index in [1.54, 1.807) is 6.07 Å². The molecule has 3 N–H and O–H groups in total. The van der Waals surface area contributed by atoms with Gasteiger partial charge in [-0.3, -0.25) is 0 Å². The molecule has 3 aromatic rings. The van der Waals surface area contributed by atoms with Crippen LogP contribution in [0.5, 0.6) is 0 Å². The summed E-state index contributed by atoms with van der Waals surface area (Å²) < 4.78 is 6.12. The Morgan fingerprint density at radius 2 is 2.19 bits per heavy atom. The van der Waals surface area contributed by atoms with Crippen LogP contribution in [0.2, 0.25) is 0 Å². The maximum absolute atomic E-state index is 5.51. The molecule has 0 aliphatic heterocycles. The second kappa shape index (κ2) is 3.38. The van der Waals surface area contributed by atoms with Crippen molar-refractivity contribution in [1.29, 1.82) is 0 Å². The summed E-state index contributed by atoms with van der Waals surface area (Å²) in [5, 5.41) is 4.77. The van der Waals surface area contributed by atoms with E-state index in [0.29, 0.717) is 11.6 Å². The van der Waals surface area contributed by atoms with Crippen molar-refractivity contribution in [2.75, 3.05) is 5.73 Å². The lowest BCUT2D eigenvalue weighted by atomic mass is 10.2. The molecule has 0 unspecified atom stereocenters. The molecule has 3 rings (SSSR count). The average molecular weight is 278 g/mol.